The molecule has 0 saturated carbocycles. The number of phenols is 2. The van der Waals surface area contributed by atoms with E-state index in [1.165, 1.54) is 6.07 Å². The molecule has 1 saturated heterocycles. The van der Waals surface area contributed by atoms with Crippen molar-refractivity contribution in [2.24, 2.45) is 17.8 Å². The molecule has 44 heavy (non-hydrogen) atoms. The van der Waals surface area contributed by atoms with Gasteiger partial charge in [0.05, 0.1) is 22.0 Å². The van der Waals surface area contributed by atoms with E-state index in [0.29, 0.717) is 5.57 Å². The standard InChI is InChI=1S/C30H19BrF3NO9/c31-19-10-22(38)25-18(26(19)39)9-16-13(23(25)17-8-12(2-6-20(17)36)44-30(32,33)34)4-5-15-24(16)28(41)35(27(15)40)11-1-3-14(29(42)43)21(37)7-11/h1-4,6-8,10,15-16,23-24,36-37H,5,9H2,(H,42,43). The SMILES string of the molecule is O=C1C=C(Br)C(=O)C2=C1C(c1cc(OC(F)(F)F)ccc1O)C1=CCC3C(=O)N(c4ccc(C(=O)O)c(O)c4)C(=O)C3C1C2. The second-order valence-corrected chi connectivity index (χ2v) is 11.5. The number of aromatic carboxylic acids is 1. The Morgan fingerprint density at radius 3 is 2.36 bits per heavy atom. The predicted octanol–water partition coefficient (Wildman–Crippen LogP) is 4.66. The lowest BCUT2D eigenvalue weighted by atomic mass is 9.59. The second-order valence-electron chi connectivity index (χ2n) is 10.7. The first-order valence-electron chi connectivity index (χ1n) is 13.1. The first-order valence-corrected chi connectivity index (χ1v) is 13.9. The Morgan fingerprint density at radius 2 is 1.70 bits per heavy atom. The molecule has 6 rings (SSSR count). The summed E-state index contributed by atoms with van der Waals surface area (Å²) in [7, 11) is 0. The van der Waals surface area contributed by atoms with Crippen LogP contribution in [-0.4, -0.2) is 51.0 Å². The summed E-state index contributed by atoms with van der Waals surface area (Å²) in [6.45, 7) is 0. The molecule has 4 unspecified atom stereocenters. The van der Waals surface area contributed by atoms with E-state index in [9.17, 15) is 52.5 Å². The minimum atomic E-state index is -5.06. The molecule has 0 radical (unpaired) electrons. The number of benzene rings is 2. The average molecular weight is 674 g/mol. The van der Waals surface area contributed by atoms with Crippen molar-refractivity contribution in [1.29, 1.82) is 0 Å². The minimum absolute atomic E-state index is 0.0131. The van der Waals surface area contributed by atoms with E-state index in [-0.39, 0.29) is 39.7 Å². The van der Waals surface area contributed by atoms with Crippen LogP contribution in [0.15, 0.2) is 69.8 Å². The highest BCUT2D eigenvalue weighted by Gasteiger charge is 2.57. The number of amides is 2. The van der Waals surface area contributed by atoms with Crippen molar-refractivity contribution in [1.82, 2.24) is 0 Å². The van der Waals surface area contributed by atoms with E-state index >= 15 is 0 Å². The number of alkyl halides is 3. The van der Waals surface area contributed by atoms with Gasteiger partial charge in [-0.2, -0.15) is 0 Å². The molecule has 2 amide bonds. The average Bonchev–Trinajstić information content (AvgIpc) is 3.20. The summed E-state index contributed by atoms with van der Waals surface area (Å²) in [4.78, 5) is 66.3. The number of phenolic OH excluding ortho intramolecular Hbond substituents is 1. The van der Waals surface area contributed by atoms with Crippen LogP contribution in [0.2, 0.25) is 0 Å². The van der Waals surface area contributed by atoms with Gasteiger partial charge in [0.15, 0.2) is 11.6 Å². The number of carboxylic acid groups (broad SMARTS) is 1. The number of aromatic hydroxyl groups is 2. The Kier molecular flexibility index (Phi) is 6.79. The molecule has 3 N–H and O–H groups in total. The van der Waals surface area contributed by atoms with Crippen molar-refractivity contribution in [3.05, 3.63) is 80.9 Å². The van der Waals surface area contributed by atoms with Gasteiger partial charge < -0.3 is 20.1 Å². The number of hydrogen-bond acceptors (Lipinski definition) is 8. The van der Waals surface area contributed by atoms with Gasteiger partial charge in [-0.25, -0.2) is 9.69 Å². The highest BCUT2D eigenvalue weighted by molar-refractivity contribution is 9.12. The molecular formula is C30H19BrF3NO9. The van der Waals surface area contributed by atoms with E-state index < -0.39 is 82.2 Å². The lowest BCUT2D eigenvalue weighted by molar-refractivity contribution is -0.274. The molecule has 0 bridgehead atoms. The number of anilines is 1. The number of ketones is 2. The van der Waals surface area contributed by atoms with Crippen LogP contribution in [-0.2, 0) is 19.2 Å². The summed E-state index contributed by atoms with van der Waals surface area (Å²) in [5.41, 5.74) is -0.398. The van der Waals surface area contributed by atoms with Crippen molar-refractivity contribution in [3.63, 3.8) is 0 Å². The maximum Gasteiger partial charge on any atom is 0.573 e. The molecule has 10 nitrogen and oxygen atoms in total. The number of halogens is 4. The van der Waals surface area contributed by atoms with E-state index in [2.05, 4.69) is 20.7 Å². The largest absolute Gasteiger partial charge is 0.573 e. The fraction of sp³-hybridized carbons (Fsp3) is 0.233. The zero-order chi connectivity index (χ0) is 31.8. The van der Waals surface area contributed by atoms with Gasteiger partial charge in [-0.05, 0) is 65.0 Å². The van der Waals surface area contributed by atoms with Gasteiger partial charge in [0.1, 0.15) is 22.8 Å². The van der Waals surface area contributed by atoms with Crippen molar-refractivity contribution >= 4 is 51.0 Å². The zero-order valence-corrected chi connectivity index (χ0v) is 23.7. The fourth-order valence-electron chi connectivity index (χ4n) is 6.62. The van der Waals surface area contributed by atoms with E-state index in [0.717, 1.165) is 41.3 Å². The van der Waals surface area contributed by atoms with Crippen molar-refractivity contribution in [2.75, 3.05) is 4.90 Å². The third kappa shape index (κ3) is 4.60. The van der Waals surface area contributed by atoms with Crippen LogP contribution in [0.1, 0.15) is 34.7 Å². The molecule has 0 aromatic heterocycles. The van der Waals surface area contributed by atoms with Crippen molar-refractivity contribution in [2.45, 2.75) is 25.1 Å². The fourth-order valence-corrected chi connectivity index (χ4v) is 7.06. The summed E-state index contributed by atoms with van der Waals surface area (Å²) in [5, 5.41) is 30.3. The zero-order valence-electron chi connectivity index (χ0n) is 22.1. The molecule has 4 aliphatic rings. The maximum absolute atomic E-state index is 13.9. The first kappa shape index (κ1) is 29.4. The second kappa shape index (κ2) is 10.2. The number of carboxylic acids is 1. The molecule has 3 aliphatic carbocycles. The smallest absolute Gasteiger partial charge is 0.508 e. The number of ether oxygens (including phenoxy) is 1. The molecule has 4 atom stereocenters. The van der Waals surface area contributed by atoms with Crippen molar-refractivity contribution in [3.8, 4) is 17.2 Å². The maximum atomic E-state index is 13.9. The number of rotatable bonds is 4. The van der Waals surface area contributed by atoms with Gasteiger partial charge in [0.2, 0.25) is 11.8 Å². The van der Waals surface area contributed by atoms with Crippen molar-refractivity contribution < 1.29 is 57.2 Å². The summed E-state index contributed by atoms with van der Waals surface area (Å²) in [6, 6.07) is 5.99. The van der Waals surface area contributed by atoms with Crippen LogP contribution < -0.4 is 9.64 Å². The molecule has 226 valence electrons. The Hall–Kier alpha value is -4.72. The van der Waals surface area contributed by atoms with E-state index in [1.54, 1.807) is 6.08 Å². The predicted molar refractivity (Wildman–Crippen MR) is 147 cm³/mol. The topological polar surface area (TPSA) is 159 Å². The van der Waals surface area contributed by atoms with E-state index in [4.69, 9.17) is 0 Å². The van der Waals surface area contributed by atoms with Crippen LogP contribution in [0.3, 0.4) is 0 Å². The summed E-state index contributed by atoms with van der Waals surface area (Å²) in [6.07, 6.45) is -2.60. The van der Waals surface area contributed by atoms with Gasteiger partial charge in [-0.1, -0.05) is 11.6 Å². The van der Waals surface area contributed by atoms with Crippen LogP contribution in [0.25, 0.3) is 0 Å². The first-order chi connectivity index (χ1) is 20.7. The number of nitrogens with zero attached hydrogens (tertiary/aromatic N) is 1. The molecule has 14 heteroatoms. The Morgan fingerprint density at radius 1 is 0.977 bits per heavy atom. The van der Waals surface area contributed by atoms with Gasteiger partial charge in [-0.3, -0.25) is 19.2 Å². The van der Waals surface area contributed by atoms with Gasteiger partial charge >= 0.3 is 12.3 Å². The molecule has 1 fully saturated rings. The van der Waals surface area contributed by atoms with Crippen LogP contribution in [0.5, 0.6) is 17.2 Å². The molecule has 2 aromatic carbocycles. The number of imide groups is 1. The molecule has 1 aliphatic heterocycles. The minimum Gasteiger partial charge on any atom is -0.508 e. The number of hydrogen-bond donors (Lipinski definition) is 3. The molecule has 2 aromatic rings. The quantitative estimate of drug-likeness (QED) is 0.238. The molecule has 0 spiro atoms. The van der Waals surface area contributed by atoms with Gasteiger partial charge in [0.25, 0.3) is 0 Å². The lowest BCUT2D eigenvalue weighted by Gasteiger charge is -2.42. The Bertz CT molecular complexity index is 1810. The van der Waals surface area contributed by atoms with Crippen LogP contribution in [0.4, 0.5) is 18.9 Å². The third-order valence-corrected chi connectivity index (χ3v) is 8.93. The lowest BCUT2D eigenvalue weighted by Crippen LogP contribution is -2.39. The summed E-state index contributed by atoms with van der Waals surface area (Å²) >= 11 is 3.07. The summed E-state index contributed by atoms with van der Waals surface area (Å²) in [5.74, 6) is -9.95. The van der Waals surface area contributed by atoms with E-state index in [1.807, 2.05) is 0 Å². The highest BCUT2D eigenvalue weighted by atomic mass is 79.9. The number of fused-ring (bicyclic) bond motifs is 3. The normalized spacial score (nSPS) is 24.9. The van der Waals surface area contributed by atoms with Gasteiger partial charge in [0, 0.05) is 34.8 Å². The van der Waals surface area contributed by atoms with Crippen LogP contribution in [0, 0.1) is 17.8 Å². The monoisotopic (exact) mass is 673 g/mol. The highest BCUT2D eigenvalue weighted by Crippen LogP contribution is 2.57. The number of allylic oxidation sites excluding steroid dienone is 6. The summed E-state index contributed by atoms with van der Waals surface area (Å²) < 4.78 is 43.2. The Balaban J connectivity index is 1.47. The molecular weight excluding hydrogens is 655 g/mol. The van der Waals surface area contributed by atoms with Gasteiger partial charge in [-0.15, -0.1) is 13.2 Å². The third-order valence-electron chi connectivity index (χ3n) is 8.34. The Labute approximate surface area is 253 Å². The number of carbonyl (C=O) groups excluding carboxylic acids is 4. The molecule has 1 heterocycles. The number of carbonyl (C=O) groups is 5. The van der Waals surface area contributed by atoms with Crippen LogP contribution >= 0.6 is 15.9 Å². The number of Topliss-reactive ketones (excluding diaryl/α,β-unsaturated/α-hetero) is 1.